The molecule has 2 unspecified atom stereocenters. The van der Waals surface area contributed by atoms with Crippen LogP contribution in [0, 0.1) is 0 Å². The van der Waals surface area contributed by atoms with E-state index >= 15 is 0 Å². The van der Waals surface area contributed by atoms with E-state index in [0.717, 1.165) is 25.4 Å². The Morgan fingerprint density at radius 2 is 1.95 bits per heavy atom. The van der Waals surface area contributed by atoms with Crippen molar-refractivity contribution in [3.05, 3.63) is 0 Å². The summed E-state index contributed by atoms with van der Waals surface area (Å²) in [4.78, 5) is 17.6. The molecule has 2 fully saturated rings. The SMILES string of the molecule is CC1CC(NC(=NCC(=O)N(C)C)NC2CC2)CCO1. The van der Waals surface area contributed by atoms with Crippen molar-refractivity contribution in [3.8, 4) is 0 Å². The first-order valence-electron chi connectivity index (χ1n) is 7.44. The summed E-state index contributed by atoms with van der Waals surface area (Å²) in [6.45, 7) is 3.06. The highest BCUT2D eigenvalue weighted by Crippen LogP contribution is 2.19. The van der Waals surface area contributed by atoms with Gasteiger partial charge in [-0.1, -0.05) is 0 Å². The largest absolute Gasteiger partial charge is 0.378 e. The topological polar surface area (TPSA) is 66.0 Å². The van der Waals surface area contributed by atoms with Crippen molar-refractivity contribution >= 4 is 11.9 Å². The summed E-state index contributed by atoms with van der Waals surface area (Å²) in [5.41, 5.74) is 0. The summed E-state index contributed by atoms with van der Waals surface area (Å²) >= 11 is 0. The molecular formula is C14H26N4O2. The Hall–Kier alpha value is -1.30. The molecule has 2 rings (SSSR count). The van der Waals surface area contributed by atoms with Crippen molar-refractivity contribution in [2.24, 2.45) is 4.99 Å². The summed E-state index contributed by atoms with van der Waals surface area (Å²) in [6.07, 6.45) is 4.62. The molecule has 0 radical (unpaired) electrons. The van der Waals surface area contributed by atoms with Crippen LogP contribution in [0.4, 0.5) is 0 Å². The first-order chi connectivity index (χ1) is 9.54. The van der Waals surface area contributed by atoms with Crippen molar-refractivity contribution in [1.29, 1.82) is 0 Å². The normalized spacial score (nSPS) is 27.1. The number of likely N-dealkylation sites (N-methyl/N-ethyl adjacent to an activating group) is 1. The fourth-order valence-electron chi connectivity index (χ4n) is 2.16. The van der Waals surface area contributed by atoms with E-state index in [4.69, 9.17) is 4.74 Å². The van der Waals surface area contributed by atoms with Crippen LogP contribution in [0.2, 0.25) is 0 Å². The van der Waals surface area contributed by atoms with Crippen LogP contribution in [0.3, 0.4) is 0 Å². The highest BCUT2D eigenvalue weighted by molar-refractivity contribution is 5.85. The van der Waals surface area contributed by atoms with Gasteiger partial charge in [0.05, 0.1) is 6.10 Å². The van der Waals surface area contributed by atoms with Crippen molar-refractivity contribution in [1.82, 2.24) is 15.5 Å². The Bertz CT molecular complexity index is 366. The zero-order chi connectivity index (χ0) is 14.5. The maximum atomic E-state index is 11.6. The molecule has 1 aliphatic carbocycles. The van der Waals surface area contributed by atoms with Gasteiger partial charge in [-0.15, -0.1) is 0 Å². The number of amides is 1. The summed E-state index contributed by atoms with van der Waals surface area (Å²) in [7, 11) is 3.50. The van der Waals surface area contributed by atoms with Crippen molar-refractivity contribution in [3.63, 3.8) is 0 Å². The van der Waals surface area contributed by atoms with Gasteiger partial charge in [-0.2, -0.15) is 0 Å². The third-order valence-corrected chi connectivity index (χ3v) is 3.62. The molecule has 20 heavy (non-hydrogen) atoms. The average Bonchev–Trinajstić information content (AvgIpc) is 3.19. The van der Waals surface area contributed by atoms with Gasteiger partial charge in [0, 0.05) is 32.8 Å². The molecule has 2 atom stereocenters. The van der Waals surface area contributed by atoms with Crippen LogP contribution in [0.15, 0.2) is 4.99 Å². The van der Waals surface area contributed by atoms with Crippen LogP contribution in [0.25, 0.3) is 0 Å². The minimum Gasteiger partial charge on any atom is -0.378 e. The Labute approximate surface area is 121 Å². The Morgan fingerprint density at radius 1 is 1.25 bits per heavy atom. The number of guanidine groups is 1. The molecule has 0 bridgehead atoms. The maximum absolute atomic E-state index is 11.6. The van der Waals surface area contributed by atoms with E-state index in [9.17, 15) is 4.79 Å². The fourth-order valence-corrected chi connectivity index (χ4v) is 2.16. The summed E-state index contributed by atoms with van der Waals surface area (Å²) in [6, 6.07) is 0.895. The van der Waals surface area contributed by atoms with Crippen LogP contribution < -0.4 is 10.6 Å². The van der Waals surface area contributed by atoms with Crippen LogP contribution >= 0.6 is 0 Å². The lowest BCUT2D eigenvalue weighted by molar-refractivity contribution is -0.127. The number of carbonyl (C=O) groups is 1. The number of ether oxygens (including phenoxy) is 1. The number of carbonyl (C=O) groups excluding carboxylic acids is 1. The molecule has 0 spiro atoms. The van der Waals surface area contributed by atoms with E-state index in [2.05, 4.69) is 22.5 Å². The smallest absolute Gasteiger partial charge is 0.243 e. The fraction of sp³-hybridized carbons (Fsp3) is 0.857. The van der Waals surface area contributed by atoms with E-state index in [-0.39, 0.29) is 18.6 Å². The standard InChI is InChI=1S/C14H26N4O2/c1-10-8-12(6-7-20-10)17-14(16-11-4-5-11)15-9-13(19)18(2)3/h10-12H,4-9H2,1-3H3,(H2,15,16,17). The summed E-state index contributed by atoms with van der Waals surface area (Å²) in [5.74, 6) is 0.782. The van der Waals surface area contributed by atoms with Gasteiger partial charge in [-0.05, 0) is 32.6 Å². The first kappa shape index (κ1) is 15.1. The van der Waals surface area contributed by atoms with E-state index < -0.39 is 0 Å². The van der Waals surface area contributed by atoms with Crippen molar-refractivity contribution in [2.45, 2.75) is 50.8 Å². The third-order valence-electron chi connectivity index (χ3n) is 3.62. The van der Waals surface area contributed by atoms with Crippen LogP contribution in [0.1, 0.15) is 32.6 Å². The number of rotatable bonds is 4. The minimum atomic E-state index is 0.0160. The van der Waals surface area contributed by atoms with E-state index in [1.165, 1.54) is 12.8 Å². The van der Waals surface area contributed by atoms with Crippen LogP contribution in [-0.4, -0.2) is 62.2 Å². The molecule has 1 saturated heterocycles. The van der Waals surface area contributed by atoms with Gasteiger partial charge in [-0.3, -0.25) is 4.79 Å². The molecule has 1 aliphatic heterocycles. The summed E-state index contributed by atoms with van der Waals surface area (Å²) in [5, 5.41) is 6.81. The van der Waals surface area contributed by atoms with Crippen LogP contribution in [-0.2, 0) is 9.53 Å². The number of hydrogen-bond acceptors (Lipinski definition) is 3. The molecule has 6 heteroatoms. The van der Waals surface area contributed by atoms with Gasteiger partial charge in [0.15, 0.2) is 5.96 Å². The number of nitrogens with zero attached hydrogens (tertiary/aromatic N) is 2. The van der Waals surface area contributed by atoms with Gasteiger partial charge < -0.3 is 20.3 Å². The van der Waals surface area contributed by atoms with E-state index in [1.807, 2.05) is 0 Å². The molecule has 114 valence electrons. The zero-order valence-corrected chi connectivity index (χ0v) is 12.7. The minimum absolute atomic E-state index is 0.0160. The second-order valence-electron chi connectivity index (χ2n) is 5.92. The van der Waals surface area contributed by atoms with Gasteiger partial charge in [0.1, 0.15) is 6.54 Å². The Balaban J connectivity index is 1.88. The number of aliphatic imine (C=N–C) groups is 1. The molecule has 1 heterocycles. The number of nitrogens with one attached hydrogen (secondary N) is 2. The lowest BCUT2D eigenvalue weighted by atomic mass is 10.0. The van der Waals surface area contributed by atoms with Gasteiger partial charge in [0.2, 0.25) is 5.91 Å². The average molecular weight is 282 g/mol. The second-order valence-corrected chi connectivity index (χ2v) is 5.92. The molecule has 1 saturated carbocycles. The first-order valence-corrected chi connectivity index (χ1v) is 7.44. The molecule has 1 amide bonds. The highest BCUT2D eigenvalue weighted by atomic mass is 16.5. The molecule has 0 aromatic carbocycles. The van der Waals surface area contributed by atoms with E-state index in [1.54, 1.807) is 19.0 Å². The molecule has 2 aliphatic rings. The summed E-state index contributed by atoms with van der Waals surface area (Å²) < 4.78 is 5.55. The second kappa shape index (κ2) is 6.92. The molecule has 0 aromatic heterocycles. The van der Waals surface area contributed by atoms with Crippen molar-refractivity contribution < 1.29 is 9.53 Å². The zero-order valence-electron chi connectivity index (χ0n) is 12.7. The maximum Gasteiger partial charge on any atom is 0.243 e. The van der Waals surface area contributed by atoms with Gasteiger partial charge in [-0.25, -0.2) is 4.99 Å². The third kappa shape index (κ3) is 5.00. The van der Waals surface area contributed by atoms with Gasteiger partial charge in [0.25, 0.3) is 0 Å². The lowest BCUT2D eigenvalue weighted by Gasteiger charge is -2.29. The Morgan fingerprint density at radius 3 is 2.55 bits per heavy atom. The lowest BCUT2D eigenvalue weighted by Crippen LogP contribution is -2.48. The highest BCUT2D eigenvalue weighted by Gasteiger charge is 2.25. The predicted octanol–water partition coefficient (Wildman–Crippen LogP) is 0.340. The quantitative estimate of drug-likeness (QED) is 0.576. The number of hydrogen-bond donors (Lipinski definition) is 2. The molecular weight excluding hydrogens is 256 g/mol. The monoisotopic (exact) mass is 282 g/mol. The van der Waals surface area contributed by atoms with Gasteiger partial charge >= 0.3 is 0 Å². The molecule has 6 nitrogen and oxygen atoms in total. The van der Waals surface area contributed by atoms with Crippen LogP contribution in [0.5, 0.6) is 0 Å². The molecule has 0 aromatic rings. The van der Waals surface area contributed by atoms with E-state index in [0.29, 0.717) is 12.1 Å². The Kier molecular flexibility index (Phi) is 5.23. The predicted molar refractivity (Wildman–Crippen MR) is 78.7 cm³/mol. The molecule has 2 N–H and O–H groups in total. The van der Waals surface area contributed by atoms with Crippen molar-refractivity contribution in [2.75, 3.05) is 27.2 Å².